The molecule has 1 rings (SSSR count). The normalized spacial score (nSPS) is 9.38. The molecule has 5 nitrogen and oxygen atoms in total. The molecule has 3 N–H and O–H groups in total. The molecule has 0 aromatic carbocycles. The first kappa shape index (κ1) is 9.31. The van der Waals surface area contributed by atoms with E-state index in [4.69, 9.17) is 5.11 Å². The fourth-order valence-corrected chi connectivity index (χ4v) is 0.972. The number of aromatic nitrogens is 1. The Hall–Kier alpha value is -1.78. The fraction of sp³-hybridized carbons (Fsp3) is 0.250. The highest BCUT2D eigenvalue weighted by atomic mass is 16.4. The van der Waals surface area contributed by atoms with Crippen molar-refractivity contribution in [2.24, 2.45) is 0 Å². The van der Waals surface area contributed by atoms with E-state index in [1.807, 2.05) is 0 Å². The highest BCUT2D eigenvalue weighted by molar-refractivity contribution is 5.89. The van der Waals surface area contributed by atoms with Crippen molar-refractivity contribution in [2.45, 2.75) is 0 Å². The molecule has 1 aromatic heterocycles. The lowest BCUT2D eigenvalue weighted by Crippen LogP contribution is -2.03. The van der Waals surface area contributed by atoms with E-state index in [1.165, 1.54) is 12.3 Å². The van der Waals surface area contributed by atoms with Gasteiger partial charge in [0.05, 0.1) is 11.3 Å². The third-order valence-electron chi connectivity index (χ3n) is 1.64. The number of carboxylic acids is 1. The molecule has 13 heavy (non-hydrogen) atoms. The van der Waals surface area contributed by atoms with Crippen LogP contribution in [-0.4, -0.2) is 30.2 Å². The molecular formula is C8H11N3O2. The van der Waals surface area contributed by atoms with Crippen molar-refractivity contribution in [1.82, 2.24) is 4.98 Å². The van der Waals surface area contributed by atoms with Crippen LogP contribution in [0.2, 0.25) is 0 Å². The molecule has 0 saturated carbocycles. The van der Waals surface area contributed by atoms with Crippen molar-refractivity contribution in [3.8, 4) is 0 Å². The zero-order valence-corrected chi connectivity index (χ0v) is 7.46. The van der Waals surface area contributed by atoms with Crippen molar-refractivity contribution in [2.75, 3.05) is 24.7 Å². The van der Waals surface area contributed by atoms with Crippen LogP contribution in [0.5, 0.6) is 0 Å². The topological polar surface area (TPSA) is 74.2 Å². The molecular weight excluding hydrogens is 170 g/mol. The molecule has 5 heteroatoms. The van der Waals surface area contributed by atoms with Crippen molar-refractivity contribution in [1.29, 1.82) is 0 Å². The Bertz CT molecular complexity index is 325. The second-order valence-electron chi connectivity index (χ2n) is 2.43. The molecule has 0 aliphatic rings. The zero-order valence-electron chi connectivity index (χ0n) is 7.46. The monoisotopic (exact) mass is 181 g/mol. The summed E-state index contributed by atoms with van der Waals surface area (Å²) in [6, 6.07) is 1.53. The molecule has 0 fully saturated rings. The molecule has 0 aliphatic carbocycles. The summed E-state index contributed by atoms with van der Waals surface area (Å²) in [5.41, 5.74) is 0.839. The molecule has 0 amide bonds. The van der Waals surface area contributed by atoms with Gasteiger partial charge in [0.2, 0.25) is 0 Å². The van der Waals surface area contributed by atoms with Crippen molar-refractivity contribution in [3.63, 3.8) is 0 Å². The number of hydrogen-bond donors (Lipinski definition) is 3. The smallest absolute Gasteiger partial charge is 0.337 e. The largest absolute Gasteiger partial charge is 0.478 e. The summed E-state index contributed by atoms with van der Waals surface area (Å²) in [7, 11) is 3.44. The number of anilines is 2. The van der Waals surface area contributed by atoms with E-state index in [9.17, 15) is 4.79 Å². The maximum absolute atomic E-state index is 10.6. The molecule has 0 bridgehead atoms. The average molecular weight is 181 g/mol. The van der Waals surface area contributed by atoms with E-state index in [1.54, 1.807) is 14.1 Å². The number of rotatable bonds is 3. The van der Waals surface area contributed by atoms with Gasteiger partial charge in [-0.05, 0) is 6.07 Å². The minimum Gasteiger partial charge on any atom is -0.478 e. The number of carboxylic acid groups (broad SMARTS) is 1. The van der Waals surface area contributed by atoms with Crippen molar-refractivity contribution >= 4 is 17.5 Å². The summed E-state index contributed by atoms with van der Waals surface area (Å²) in [6.07, 6.45) is 1.31. The van der Waals surface area contributed by atoms with E-state index in [0.29, 0.717) is 11.5 Å². The standard InChI is InChI=1S/C8H11N3O2/c1-9-6-3-5(8(12)13)4-11-7(6)10-2/h3-4,9H,1-2H3,(H,10,11)(H,12,13). The van der Waals surface area contributed by atoms with Crippen molar-refractivity contribution < 1.29 is 9.90 Å². The molecule has 70 valence electrons. The Morgan fingerprint density at radius 3 is 2.62 bits per heavy atom. The van der Waals surface area contributed by atoms with Gasteiger partial charge in [-0.3, -0.25) is 0 Å². The maximum atomic E-state index is 10.6. The van der Waals surface area contributed by atoms with E-state index >= 15 is 0 Å². The fourth-order valence-electron chi connectivity index (χ4n) is 0.972. The van der Waals surface area contributed by atoms with Gasteiger partial charge < -0.3 is 15.7 Å². The number of carbonyl (C=O) groups is 1. The summed E-state index contributed by atoms with van der Waals surface area (Å²) >= 11 is 0. The highest BCUT2D eigenvalue weighted by Crippen LogP contribution is 2.18. The predicted molar refractivity (Wildman–Crippen MR) is 50.3 cm³/mol. The van der Waals surface area contributed by atoms with Crippen molar-refractivity contribution in [3.05, 3.63) is 17.8 Å². The van der Waals surface area contributed by atoms with Crippen LogP contribution in [0.1, 0.15) is 10.4 Å². The number of pyridine rings is 1. The van der Waals surface area contributed by atoms with Crippen LogP contribution < -0.4 is 10.6 Å². The second kappa shape index (κ2) is 3.75. The molecule has 0 radical (unpaired) electrons. The minimum absolute atomic E-state index is 0.170. The van der Waals surface area contributed by atoms with Crippen LogP contribution in [0.15, 0.2) is 12.3 Å². The Kier molecular flexibility index (Phi) is 2.69. The Morgan fingerprint density at radius 1 is 1.46 bits per heavy atom. The lowest BCUT2D eigenvalue weighted by atomic mass is 10.2. The lowest BCUT2D eigenvalue weighted by molar-refractivity contribution is 0.0696. The molecule has 0 unspecified atom stereocenters. The Balaban J connectivity index is 3.13. The summed E-state index contributed by atoms with van der Waals surface area (Å²) in [5, 5.41) is 14.4. The van der Waals surface area contributed by atoms with Gasteiger partial charge >= 0.3 is 5.97 Å². The average Bonchev–Trinajstić information content (AvgIpc) is 2.16. The first-order valence-electron chi connectivity index (χ1n) is 3.78. The first-order valence-corrected chi connectivity index (χ1v) is 3.78. The van der Waals surface area contributed by atoms with Gasteiger partial charge in [-0.2, -0.15) is 0 Å². The number of aromatic carboxylic acids is 1. The zero-order chi connectivity index (χ0) is 9.84. The quantitative estimate of drug-likeness (QED) is 0.645. The van der Waals surface area contributed by atoms with Crippen LogP contribution in [0.25, 0.3) is 0 Å². The Morgan fingerprint density at radius 2 is 2.15 bits per heavy atom. The number of nitrogens with one attached hydrogen (secondary N) is 2. The highest BCUT2D eigenvalue weighted by Gasteiger charge is 2.07. The maximum Gasteiger partial charge on any atom is 0.337 e. The molecule has 0 saturated heterocycles. The summed E-state index contributed by atoms with van der Waals surface area (Å²) in [4.78, 5) is 14.5. The predicted octanol–water partition coefficient (Wildman–Crippen LogP) is 0.863. The van der Waals surface area contributed by atoms with Crippen LogP contribution in [0.3, 0.4) is 0 Å². The lowest BCUT2D eigenvalue weighted by Gasteiger charge is -2.07. The third kappa shape index (κ3) is 1.87. The van der Waals surface area contributed by atoms with Gasteiger partial charge in [0.25, 0.3) is 0 Å². The summed E-state index contributed by atoms with van der Waals surface area (Å²) in [6.45, 7) is 0. The molecule has 0 aliphatic heterocycles. The first-order chi connectivity index (χ1) is 6.19. The van der Waals surface area contributed by atoms with Gasteiger partial charge in [-0.15, -0.1) is 0 Å². The summed E-state index contributed by atoms with van der Waals surface area (Å²) < 4.78 is 0. The van der Waals surface area contributed by atoms with E-state index in [2.05, 4.69) is 15.6 Å². The van der Waals surface area contributed by atoms with E-state index in [0.717, 1.165) is 0 Å². The van der Waals surface area contributed by atoms with Gasteiger partial charge in [-0.1, -0.05) is 0 Å². The van der Waals surface area contributed by atoms with Crippen LogP contribution >= 0.6 is 0 Å². The third-order valence-corrected chi connectivity index (χ3v) is 1.64. The van der Waals surface area contributed by atoms with Gasteiger partial charge in [0, 0.05) is 20.3 Å². The molecule has 0 atom stereocenters. The van der Waals surface area contributed by atoms with Gasteiger partial charge in [-0.25, -0.2) is 9.78 Å². The van der Waals surface area contributed by atoms with E-state index in [-0.39, 0.29) is 5.56 Å². The van der Waals surface area contributed by atoms with Crippen LogP contribution in [0, 0.1) is 0 Å². The number of hydrogen-bond acceptors (Lipinski definition) is 4. The summed E-state index contributed by atoms with van der Waals surface area (Å²) in [5.74, 6) is -0.348. The number of nitrogens with zero attached hydrogens (tertiary/aromatic N) is 1. The SMILES string of the molecule is CNc1cc(C(=O)O)cnc1NC. The molecule has 1 aromatic rings. The van der Waals surface area contributed by atoms with Crippen LogP contribution in [-0.2, 0) is 0 Å². The molecule has 0 spiro atoms. The molecule has 1 heterocycles. The second-order valence-corrected chi connectivity index (χ2v) is 2.43. The minimum atomic E-state index is -0.980. The Labute approximate surface area is 75.8 Å². The van der Waals surface area contributed by atoms with Gasteiger partial charge in [0.1, 0.15) is 5.82 Å². The van der Waals surface area contributed by atoms with Crippen LogP contribution in [0.4, 0.5) is 11.5 Å². The van der Waals surface area contributed by atoms with Gasteiger partial charge in [0.15, 0.2) is 0 Å². The van der Waals surface area contributed by atoms with E-state index < -0.39 is 5.97 Å².